The Labute approximate surface area is 92.7 Å². The van der Waals surface area contributed by atoms with E-state index in [4.69, 9.17) is 5.73 Å². The summed E-state index contributed by atoms with van der Waals surface area (Å²) in [6, 6.07) is 7.29. The molecule has 1 aromatic heterocycles. The quantitative estimate of drug-likeness (QED) is 0.853. The van der Waals surface area contributed by atoms with Gasteiger partial charge >= 0.3 is 6.55 Å². The average Bonchev–Trinajstić information content (AvgIpc) is 2.59. The van der Waals surface area contributed by atoms with Crippen LogP contribution < -0.4 is 5.73 Å². The van der Waals surface area contributed by atoms with Crippen LogP contribution in [-0.4, -0.2) is 10.6 Å². The van der Waals surface area contributed by atoms with E-state index >= 15 is 0 Å². The molecule has 0 aliphatic heterocycles. The van der Waals surface area contributed by atoms with E-state index in [1.165, 1.54) is 6.20 Å². The lowest BCUT2D eigenvalue weighted by Crippen LogP contribution is -2.17. The van der Waals surface area contributed by atoms with Crippen LogP contribution in [0.5, 0.6) is 0 Å². The van der Waals surface area contributed by atoms with Gasteiger partial charge < -0.3 is 5.73 Å². The molecule has 0 radical (unpaired) electrons. The van der Waals surface area contributed by atoms with Crippen molar-refractivity contribution in [3.63, 3.8) is 0 Å². The lowest BCUT2D eigenvalue weighted by atomic mass is 10.1. The third-order valence-corrected chi connectivity index (χ3v) is 2.56. The van der Waals surface area contributed by atoms with Crippen molar-refractivity contribution in [1.29, 1.82) is 0 Å². The number of benzene rings is 1. The molecule has 16 heavy (non-hydrogen) atoms. The predicted molar refractivity (Wildman–Crippen MR) is 60.5 cm³/mol. The highest BCUT2D eigenvalue weighted by Crippen LogP contribution is 2.23. The van der Waals surface area contributed by atoms with Gasteiger partial charge in [0.1, 0.15) is 0 Å². The zero-order valence-electron chi connectivity index (χ0n) is 9.03. The molecule has 2 N–H and O–H groups in total. The van der Waals surface area contributed by atoms with Crippen LogP contribution in [0.15, 0.2) is 30.5 Å². The molecule has 0 aliphatic carbocycles. The van der Waals surface area contributed by atoms with E-state index in [2.05, 4.69) is 0 Å². The summed E-state index contributed by atoms with van der Waals surface area (Å²) in [5, 5.41) is 0.828. The van der Waals surface area contributed by atoms with E-state index in [1.54, 1.807) is 12.1 Å². The molecule has 1 heterocycles. The first-order valence-electron chi connectivity index (χ1n) is 5.21. The molecule has 2 rings (SSSR count). The Kier molecular flexibility index (Phi) is 2.92. The Bertz CT molecular complexity index is 489. The summed E-state index contributed by atoms with van der Waals surface area (Å²) in [6.45, 7) is -0.598. The normalized spacial score (nSPS) is 13.6. The van der Waals surface area contributed by atoms with Crippen LogP contribution in [-0.2, 0) is 6.42 Å². The van der Waals surface area contributed by atoms with E-state index < -0.39 is 6.55 Å². The fourth-order valence-electron chi connectivity index (χ4n) is 1.86. The van der Waals surface area contributed by atoms with Crippen molar-refractivity contribution in [2.45, 2.75) is 25.9 Å². The number of fused-ring (bicyclic) bond motifs is 1. The first-order chi connectivity index (χ1) is 7.58. The molecule has 1 unspecified atom stereocenters. The van der Waals surface area contributed by atoms with Gasteiger partial charge in [0, 0.05) is 12.2 Å². The van der Waals surface area contributed by atoms with Crippen LogP contribution in [0.2, 0.25) is 0 Å². The smallest absolute Gasteiger partial charge is 0.319 e. The summed E-state index contributed by atoms with van der Waals surface area (Å²) >= 11 is 0. The Morgan fingerprint density at radius 2 is 2.06 bits per heavy atom. The second kappa shape index (κ2) is 4.22. The molecule has 0 saturated heterocycles. The molecule has 0 fully saturated rings. The molecule has 2 nitrogen and oxygen atoms in total. The molecule has 4 heteroatoms. The number of nitrogens with two attached hydrogens (primary N) is 1. The molecule has 0 bridgehead atoms. The maximum absolute atomic E-state index is 12.7. The Morgan fingerprint density at radius 1 is 1.31 bits per heavy atom. The maximum atomic E-state index is 12.7. The van der Waals surface area contributed by atoms with Crippen LogP contribution in [0.25, 0.3) is 10.9 Å². The summed E-state index contributed by atoms with van der Waals surface area (Å²) < 4.78 is 26.3. The van der Waals surface area contributed by atoms with E-state index in [1.807, 2.05) is 19.1 Å². The van der Waals surface area contributed by atoms with Crippen molar-refractivity contribution in [3.05, 3.63) is 36.0 Å². The first-order valence-corrected chi connectivity index (χ1v) is 5.21. The number of hydrogen-bond donors (Lipinski definition) is 1. The van der Waals surface area contributed by atoms with Gasteiger partial charge in [-0.3, -0.25) is 4.57 Å². The highest BCUT2D eigenvalue weighted by molar-refractivity contribution is 5.80. The zero-order valence-corrected chi connectivity index (χ0v) is 9.03. The monoisotopic (exact) mass is 224 g/mol. The molecule has 0 aliphatic rings. The van der Waals surface area contributed by atoms with Gasteiger partial charge in [0.15, 0.2) is 0 Å². The second-order valence-electron chi connectivity index (χ2n) is 4.08. The number of aromatic nitrogens is 1. The molecule has 1 aromatic carbocycles. The molecule has 1 atom stereocenters. The Morgan fingerprint density at radius 3 is 2.69 bits per heavy atom. The number of hydrogen-bond acceptors (Lipinski definition) is 1. The van der Waals surface area contributed by atoms with Gasteiger partial charge in [-0.25, -0.2) is 0 Å². The second-order valence-corrected chi connectivity index (χ2v) is 4.08. The molecule has 0 saturated carbocycles. The van der Waals surface area contributed by atoms with Gasteiger partial charge in [0.2, 0.25) is 0 Å². The lowest BCUT2D eigenvalue weighted by molar-refractivity contribution is 0.0752. The van der Waals surface area contributed by atoms with Gasteiger partial charge in [0.25, 0.3) is 0 Å². The molecule has 2 aromatic rings. The zero-order chi connectivity index (χ0) is 11.7. The van der Waals surface area contributed by atoms with Crippen molar-refractivity contribution in [3.8, 4) is 0 Å². The van der Waals surface area contributed by atoms with Crippen LogP contribution >= 0.6 is 0 Å². The summed E-state index contributed by atoms with van der Waals surface area (Å²) in [6.07, 6.45) is 2.11. The van der Waals surface area contributed by atoms with E-state index in [-0.39, 0.29) is 6.04 Å². The minimum absolute atomic E-state index is 0.0346. The van der Waals surface area contributed by atoms with Crippen LogP contribution in [0.3, 0.4) is 0 Å². The van der Waals surface area contributed by atoms with Crippen LogP contribution in [0.1, 0.15) is 19.0 Å². The van der Waals surface area contributed by atoms with Gasteiger partial charge in [0.05, 0.1) is 5.52 Å². The van der Waals surface area contributed by atoms with Crippen molar-refractivity contribution in [2.75, 3.05) is 0 Å². The third kappa shape index (κ3) is 2.07. The van der Waals surface area contributed by atoms with Crippen molar-refractivity contribution < 1.29 is 8.78 Å². The summed E-state index contributed by atoms with van der Waals surface area (Å²) in [7, 11) is 0. The first kappa shape index (κ1) is 11.1. The SMILES string of the molecule is CC(N)Cc1ccc2ccn(C(F)F)c2c1. The maximum Gasteiger partial charge on any atom is 0.319 e. The number of halogens is 2. The molecular formula is C12H14F2N2. The van der Waals surface area contributed by atoms with E-state index in [9.17, 15) is 8.78 Å². The standard InChI is InChI=1S/C12H14F2N2/c1-8(15)6-9-2-3-10-4-5-16(12(13)14)11(10)7-9/h2-5,7-8,12H,6,15H2,1H3. The average molecular weight is 224 g/mol. The molecule has 0 spiro atoms. The van der Waals surface area contributed by atoms with E-state index in [0.717, 1.165) is 15.5 Å². The summed E-state index contributed by atoms with van der Waals surface area (Å²) in [5.41, 5.74) is 7.24. The highest BCUT2D eigenvalue weighted by Gasteiger charge is 2.10. The van der Waals surface area contributed by atoms with Crippen LogP contribution in [0.4, 0.5) is 8.78 Å². The van der Waals surface area contributed by atoms with Gasteiger partial charge in [-0.05, 0) is 36.4 Å². The van der Waals surface area contributed by atoms with Crippen LogP contribution in [0, 0.1) is 0 Å². The Hall–Kier alpha value is -1.42. The van der Waals surface area contributed by atoms with E-state index in [0.29, 0.717) is 11.9 Å². The minimum atomic E-state index is -2.50. The lowest BCUT2D eigenvalue weighted by Gasteiger charge is -2.07. The fraction of sp³-hybridized carbons (Fsp3) is 0.333. The van der Waals surface area contributed by atoms with Gasteiger partial charge in [-0.1, -0.05) is 12.1 Å². The predicted octanol–water partition coefficient (Wildman–Crippen LogP) is 2.93. The molecule has 86 valence electrons. The number of nitrogens with zero attached hydrogens (tertiary/aromatic N) is 1. The minimum Gasteiger partial charge on any atom is -0.328 e. The van der Waals surface area contributed by atoms with Crippen molar-refractivity contribution >= 4 is 10.9 Å². The summed E-state index contributed by atoms with van der Waals surface area (Å²) in [4.78, 5) is 0. The van der Waals surface area contributed by atoms with Gasteiger partial charge in [-0.15, -0.1) is 0 Å². The number of rotatable bonds is 3. The van der Waals surface area contributed by atoms with Crippen molar-refractivity contribution in [2.24, 2.45) is 5.73 Å². The Balaban J connectivity index is 2.46. The molecular weight excluding hydrogens is 210 g/mol. The third-order valence-electron chi connectivity index (χ3n) is 2.56. The largest absolute Gasteiger partial charge is 0.328 e. The fourth-order valence-corrected chi connectivity index (χ4v) is 1.86. The summed E-state index contributed by atoms with van der Waals surface area (Å²) in [5.74, 6) is 0. The van der Waals surface area contributed by atoms with Crippen molar-refractivity contribution in [1.82, 2.24) is 4.57 Å². The number of alkyl halides is 2. The van der Waals surface area contributed by atoms with Gasteiger partial charge in [-0.2, -0.15) is 8.78 Å². The highest BCUT2D eigenvalue weighted by atomic mass is 19.3. The molecule has 0 amide bonds. The topological polar surface area (TPSA) is 30.9 Å².